The Kier molecular flexibility index (Phi) is 7.51. The minimum atomic E-state index is -0.544. The molecule has 160 valence electrons. The lowest BCUT2D eigenvalue weighted by Gasteiger charge is -2.29. The Balaban J connectivity index is 1.61. The van der Waals surface area contributed by atoms with Crippen molar-refractivity contribution in [2.75, 3.05) is 44.5 Å². The summed E-state index contributed by atoms with van der Waals surface area (Å²) >= 11 is 0. The van der Waals surface area contributed by atoms with Crippen molar-refractivity contribution in [1.29, 1.82) is 0 Å². The van der Waals surface area contributed by atoms with Gasteiger partial charge in [0.1, 0.15) is 5.75 Å². The van der Waals surface area contributed by atoms with Crippen molar-refractivity contribution in [3.05, 3.63) is 54.1 Å². The molecule has 0 bridgehead atoms. The first kappa shape index (κ1) is 21.4. The number of likely N-dealkylation sites (tertiary alicyclic amines) is 1. The molecule has 1 unspecified atom stereocenters. The van der Waals surface area contributed by atoms with Crippen molar-refractivity contribution in [3.63, 3.8) is 0 Å². The molecule has 1 saturated heterocycles. The number of urea groups is 1. The van der Waals surface area contributed by atoms with E-state index in [-0.39, 0.29) is 12.1 Å². The van der Waals surface area contributed by atoms with Crippen LogP contribution in [0.3, 0.4) is 0 Å². The van der Waals surface area contributed by atoms with Crippen LogP contribution in [-0.2, 0) is 4.74 Å². The van der Waals surface area contributed by atoms with Crippen molar-refractivity contribution in [3.8, 4) is 5.75 Å². The van der Waals surface area contributed by atoms with Gasteiger partial charge >= 0.3 is 12.1 Å². The van der Waals surface area contributed by atoms with E-state index in [9.17, 15) is 9.59 Å². The van der Waals surface area contributed by atoms with Crippen LogP contribution in [-0.4, -0.2) is 50.9 Å². The Morgan fingerprint density at radius 2 is 1.60 bits per heavy atom. The fourth-order valence-corrected chi connectivity index (χ4v) is 3.60. The lowest BCUT2D eigenvalue weighted by molar-refractivity contribution is 0.187. The summed E-state index contributed by atoms with van der Waals surface area (Å²) in [5, 5.41) is 8.36. The van der Waals surface area contributed by atoms with E-state index in [2.05, 4.69) is 31.7 Å². The van der Waals surface area contributed by atoms with Gasteiger partial charge in [-0.15, -0.1) is 0 Å². The third-order valence-corrected chi connectivity index (χ3v) is 5.11. The zero-order valence-corrected chi connectivity index (χ0v) is 17.3. The first-order chi connectivity index (χ1) is 14.6. The molecule has 30 heavy (non-hydrogen) atoms. The molecule has 3 N–H and O–H groups in total. The van der Waals surface area contributed by atoms with E-state index in [1.165, 1.54) is 7.11 Å². The molecular weight excluding hydrogens is 384 g/mol. The molecule has 2 aromatic rings. The van der Waals surface area contributed by atoms with Gasteiger partial charge in [-0.1, -0.05) is 18.2 Å². The van der Waals surface area contributed by atoms with Crippen molar-refractivity contribution >= 4 is 23.5 Å². The number of hydrogen-bond acceptors (Lipinski definition) is 5. The highest BCUT2D eigenvalue weighted by molar-refractivity contribution is 5.90. The molecule has 0 saturated carbocycles. The maximum Gasteiger partial charge on any atom is 0.411 e. The van der Waals surface area contributed by atoms with Crippen LogP contribution in [0.4, 0.5) is 21.0 Å². The Morgan fingerprint density at radius 1 is 0.967 bits per heavy atom. The molecule has 1 heterocycles. The molecule has 3 rings (SSSR count). The van der Waals surface area contributed by atoms with Gasteiger partial charge in [-0.25, -0.2) is 9.59 Å². The monoisotopic (exact) mass is 412 g/mol. The molecule has 8 heteroatoms. The number of nitrogens with zero attached hydrogens (tertiary/aromatic N) is 1. The van der Waals surface area contributed by atoms with Crippen molar-refractivity contribution in [2.45, 2.75) is 18.9 Å². The standard InChI is InChI=1S/C22H28N4O4/c1-29-20-8-4-3-7-18(20)19(26-13-5-6-14-26)15-23-21(27)24-16-9-11-17(12-10-16)25-22(28)30-2/h3-4,7-12,19H,5-6,13-15H2,1-2H3,(H,25,28)(H2,23,24,27). The third kappa shape index (κ3) is 5.64. The predicted molar refractivity (Wildman–Crippen MR) is 116 cm³/mol. The maximum atomic E-state index is 12.5. The van der Waals surface area contributed by atoms with Crippen LogP contribution in [0.5, 0.6) is 5.75 Å². The second kappa shape index (κ2) is 10.5. The number of rotatable bonds is 7. The molecule has 1 fully saturated rings. The van der Waals surface area contributed by atoms with Gasteiger partial charge in [-0.3, -0.25) is 10.2 Å². The van der Waals surface area contributed by atoms with Gasteiger partial charge in [-0.05, 0) is 56.3 Å². The van der Waals surface area contributed by atoms with E-state index < -0.39 is 6.09 Å². The second-order valence-electron chi connectivity index (χ2n) is 7.03. The van der Waals surface area contributed by atoms with E-state index in [1.54, 1.807) is 31.4 Å². The van der Waals surface area contributed by atoms with E-state index in [0.29, 0.717) is 17.9 Å². The molecule has 3 amide bonds. The first-order valence-electron chi connectivity index (χ1n) is 9.97. The van der Waals surface area contributed by atoms with Gasteiger partial charge in [0.2, 0.25) is 0 Å². The summed E-state index contributed by atoms with van der Waals surface area (Å²) in [7, 11) is 2.97. The highest BCUT2D eigenvalue weighted by atomic mass is 16.5. The smallest absolute Gasteiger partial charge is 0.411 e. The SMILES string of the molecule is COC(=O)Nc1ccc(NC(=O)NCC(c2ccccc2OC)N2CCCC2)cc1. The Labute approximate surface area is 176 Å². The summed E-state index contributed by atoms with van der Waals surface area (Å²) in [6.45, 7) is 2.47. The Bertz CT molecular complexity index is 850. The molecular formula is C22H28N4O4. The van der Waals surface area contributed by atoms with Crippen LogP contribution in [0.25, 0.3) is 0 Å². The summed E-state index contributed by atoms with van der Waals surface area (Å²) in [5.41, 5.74) is 2.27. The van der Waals surface area contributed by atoms with Crippen LogP contribution >= 0.6 is 0 Å². The van der Waals surface area contributed by atoms with E-state index in [1.807, 2.05) is 18.2 Å². The molecule has 8 nitrogen and oxygen atoms in total. The average molecular weight is 412 g/mol. The number of ether oxygens (including phenoxy) is 2. The number of amides is 3. The van der Waals surface area contributed by atoms with Crippen molar-refractivity contribution in [2.24, 2.45) is 0 Å². The van der Waals surface area contributed by atoms with Gasteiger partial charge in [0.15, 0.2) is 0 Å². The van der Waals surface area contributed by atoms with Crippen molar-refractivity contribution < 1.29 is 19.1 Å². The molecule has 1 aliphatic rings. The number of hydrogen-bond donors (Lipinski definition) is 3. The van der Waals surface area contributed by atoms with Crippen LogP contribution in [0, 0.1) is 0 Å². The van der Waals surface area contributed by atoms with Crippen LogP contribution in [0.15, 0.2) is 48.5 Å². The number of methoxy groups -OCH3 is 2. The first-order valence-corrected chi connectivity index (χ1v) is 9.97. The molecule has 2 aromatic carbocycles. The quantitative estimate of drug-likeness (QED) is 0.643. The van der Waals surface area contributed by atoms with E-state index in [4.69, 9.17) is 4.74 Å². The normalized spacial score (nSPS) is 14.6. The molecule has 0 spiro atoms. The minimum absolute atomic E-state index is 0.0426. The lowest BCUT2D eigenvalue weighted by atomic mass is 10.0. The maximum absolute atomic E-state index is 12.5. The molecule has 0 aliphatic carbocycles. The summed E-state index contributed by atoms with van der Waals surface area (Å²) in [5.74, 6) is 0.824. The summed E-state index contributed by atoms with van der Waals surface area (Å²) in [6.07, 6.45) is 1.77. The van der Waals surface area contributed by atoms with Crippen LogP contribution in [0.1, 0.15) is 24.4 Å². The summed E-state index contributed by atoms with van der Waals surface area (Å²) in [4.78, 5) is 26.1. The van der Waals surface area contributed by atoms with Gasteiger partial charge < -0.3 is 20.1 Å². The topological polar surface area (TPSA) is 91.9 Å². The largest absolute Gasteiger partial charge is 0.496 e. The number of anilines is 2. The highest BCUT2D eigenvalue weighted by Crippen LogP contribution is 2.31. The second-order valence-corrected chi connectivity index (χ2v) is 7.03. The van der Waals surface area contributed by atoms with Gasteiger partial charge in [0, 0.05) is 23.5 Å². The summed E-state index contributed by atoms with van der Waals surface area (Å²) in [6, 6.07) is 14.5. The Morgan fingerprint density at radius 3 is 2.23 bits per heavy atom. The highest BCUT2D eigenvalue weighted by Gasteiger charge is 2.26. The lowest BCUT2D eigenvalue weighted by Crippen LogP contribution is -2.38. The minimum Gasteiger partial charge on any atom is -0.496 e. The predicted octanol–water partition coefficient (Wildman–Crippen LogP) is 3.83. The third-order valence-electron chi connectivity index (χ3n) is 5.11. The molecule has 1 atom stereocenters. The fraction of sp³-hybridized carbons (Fsp3) is 0.364. The number of para-hydroxylation sites is 1. The molecule has 0 aromatic heterocycles. The Hall–Kier alpha value is -3.26. The summed E-state index contributed by atoms with van der Waals surface area (Å²) < 4.78 is 10.1. The number of nitrogens with one attached hydrogen (secondary N) is 3. The van der Waals surface area contributed by atoms with Gasteiger partial charge in [0.05, 0.1) is 20.3 Å². The zero-order chi connectivity index (χ0) is 21.3. The average Bonchev–Trinajstić information content (AvgIpc) is 3.30. The van der Waals surface area contributed by atoms with E-state index in [0.717, 1.165) is 37.2 Å². The fourth-order valence-electron chi connectivity index (χ4n) is 3.60. The molecule has 1 aliphatic heterocycles. The van der Waals surface area contributed by atoms with Crippen LogP contribution < -0.4 is 20.7 Å². The molecule has 0 radical (unpaired) electrons. The number of carbonyl (C=O) groups excluding carboxylic acids is 2. The number of carbonyl (C=O) groups is 2. The van der Waals surface area contributed by atoms with Gasteiger partial charge in [0.25, 0.3) is 0 Å². The van der Waals surface area contributed by atoms with E-state index >= 15 is 0 Å². The van der Waals surface area contributed by atoms with Crippen LogP contribution in [0.2, 0.25) is 0 Å². The van der Waals surface area contributed by atoms with Crippen molar-refractivity contribution in [1.82, 2.24) is 10.2 Å². The number of benzene rings is 2. The zero-order valence-electron chi connectivity index (χ0n) is 17.3. The van der Waals surface area contributed by atoms with Gasteiger partial charge in [-0.2, -0.15) is 0 Å².